The summed E-state index contributed by atoms with van der Waals surface area (Å²) in [6, 6.07) is 6.06. The molecule has 0 radical (unpaired) electrons. The van der Waals surface area contributed by atoms with E-state index in [-0.39, 0.29) is 28.7 Å². The predicted molar refractivity (Wildman–Crippen MR) is 121 cm³/mol. The highest BCUT2D eigenvalue weighted by molar-refractivity contribution is 7.89. The van der Waals surface area contributed by atoms with E-state index in [0.717, 1.165) is 25.7 Å². The second kappa shape index (κ2) is 9.88. The number of morpholine rings is 1. The second-order valence-corrected chi connectivity index (χ2v) is 11.0. The number of anilines is 1. The van der Waals surface area contributed by atoms with E-state index in [2.05, 4.69) is 5.32 Å². The number of rotatable bonds is 6. The summed E-state index contributed by atoms with van der Waals surface area (Å²) < 4.78 is 37.5. The quantitative estimate of drug-likeness (QED) is 0.614. The lowest BCUT2D eigenvalue weighted by molar-refractivity contribution is -0.119. The zero-order valence-electron chi connectivity index (χ0n) is 17.3. The molecule has 1 amide bonds. The number of thiophene rings is 1. The molecule has 1 N–H and O–H groups in total. The molecule has 1 saturated heterocycles. The van der Waals surface area contributed by atoms with Crippen LogP contribution < -0.4 is 5.32 Å². The zero-order valence-corrected chi connectivity index (χ0v) is 19.7. The summed E-state index contributed by atoms with van der Waals surface area (Å²) in [5.74, 6) is -1.11. The largest absolute Gasteiger partial charge is 0.451 e. The molecule has 1 aromatic carbocycles. The van der Waals surface area contributed by atoms with Crippen LogP contribution >= 0.6 is 22.9 Å². The van der Waals surface area contributed by atoms with Crippen LogP contribution in [0.1, 0.15) is 33.0 Å². The summed E-state index contributed by atoms with van der Waals surface area (Å²) in [5, 5.41) is 2.62. The zero-order chi connectivity index (χ0) is 22.7. The van der Waals surface area contributed by atoms with Gasteiger partial charge >= 0.3 is 5.97 Å². The molecule has 11 heteroatoms. The van der Waals surface area contributed by atoms with Gasteiger partial charge in [0.25, 0.3) is 5.91 Å². The van der Waals surface area contributed by atoms with Crippen LogP contribution in [0.3, 0.4) is 0 Å². The predicted octanol–water partition coefficient (Wildman–Crippen LogP) is 3.10. The van der Waals surface area contributed by atoms with Crippen LogP contribution in [0, 0.1) is 0 Å². The number of nitrogens with one attached hydrogen (secondary N) is 1. The van der Waals surface area contributed by atoms with Crippen molar-refractivity contribution >= 4 is 50.5 Å². The van der Waals surface area contributed by atoms with E-state index in [4.69, 9.17) is 21.1 Å². The number of ether oxygens (including phenoxy) is 2. The van der Waals surface area contributed by atoms with E-state index in [0.29, 0.717) is 18.1 Å². The Morgan fingerprint density at radius 2 is 1.91 bits per heavy atom. The fraction of sp³-hybridized carbons (Fsp3) is 0.429. The molecule has 1 fully saturated rings. The molecule has 0 unspecified atom stereocenters. The summed E-state index contributed by atoms with van der Waals surface area (Å²) in [5.41, 5.74) is 1.43. The first-order valence-corrected chi connectivity index (χ1v) is 12.9. The van der Waals surface area contributed by atoms with Gasteiger partial charge in [-0.15, -0.1) is 11.3 Å². The van der Waals surface area contributed by atoms with E-state index in [1.165, 1.54) is 44.3 Å². The number of benzene rings is 1. The molecule has 2 heterocycles. The SMILES string of the molecule is O=C(COC(=O)c1cc2c(s1)CCCC2)Nc1ccc(Cl)c(S(=O)(=O)N2CCOCC2)c1. The average Bonchev–Trinajstić information content (AvgIpc) is 3.24. The molecule has 2 aromatic rings. The van der Waals surface area contributed by atoms with Crippen molar-refractivity contribution in [1.29, 1.82) is 0 Å². The second-order valence-electron chi connectivity index (χ2n) is 7.55. The van der Waals surface area contributed by atoms with Gasteiger partial charge in [0, 0.05) is 23.7 Å². The molecule has 0 saturated carbocycles. The fourth-order valence-corrected chi connectivity index (χ4v) is 6.75. The van der Waals surface area contributed by atoms with E-state index >= 15 is 0 Å². The van der Waals surface area contributed by atoms with Gasteiger partial charge in [-0.1, -0.05) is 11.6 Å². The highest BCUT2D eigenvalue weighted by Crippen LogP contribution is 2.30. The van der Waals surface area contributed by atoms with Gasteiger partial charge in [-0.2, -0.15) is 4.31 Å². The van der Waals surface area contributed by atoms with Crippen molar-refractivity contribution in [3.05, 3.63) is 44.6 Å². The third kappa shape index (κ3) is 5.15. The summed E-state index contributed by atoms with van der Waals surface area (Å²) in [4.78, 5) is 26.2. The maximum absolute atomic E-state index is 12.9. The third-order valence-corrected chi connectivity index (χ3v) is 8.93. The maximum Gasteiger partial charge on any atom is 0.348 e. The number of hydrogen-bond acceptors (Lipinski definition) is 7. The summed E-state index contributed by atoms with van der Waals surface area (Å²) >= 11 is 7.55. The first-order chi connectivity index (χ1) is 15.3. The van der Waals surface area contributed by atoms with Crippen LogP contribution in [0.5, 0.6) is 0 Å². The Hall–Kier alpha value is -1.98. The monoisotopic (exact) mass is 498 g/mol. The Labute approximate surface area is 195 Å². The molecule has 2 aliphatic rings. The van der Waals surface area contributed by atoms with Crippen molar-refractivity contribution in [2.24, 2.45) is 0 Å². The fourth-order valence-electron chi connectivity index (χ4n) is 3.70. The number of carbonyl (C=O) groups excluding carboxylic acids is 2. The van der Waals surface area contributed by atoms with Crippen molar-refractivity contribution in [1.82, 2.24) is 4.31 Å². The molecule has 1 aliphatic carbocycles. The van der Waals surface area contributed by atoms with Crippen molar-refractivity contribution in [3.63, 3.8) is 0 Å². The molecule has 8 nitrogen and oxygen atoms in total. The van der Waals surface area contributed by atoms with Crippen LogP contribution in [-0.2, 0) is 37.1 Å². The van der Waals surface area contributed by atoms with E-state index < -0.39 is 28.5 Å². The number of carbonyl (C=O) groups is 2. The van der Waals surface area contributed by atoms with Crippen LogP contribution in [0.15, 0.2) is 29.2 Å². The smallest absolute Gasteiger partial charge is 0.348 e. The van der Waals surface area contributed by atoms with E-state index in [1.807, 2.05) is 6.07 Å². The normalized spacial score (nSPS) is 16.9. The van der Waals surface area contributed by atoms with Crippen LogP contribution in [-0.4, -0.2) is 57.5 Å². The molecule has 32 heavy (non-hydrogen) atoms. The molecule has 172 valence electrons. The lowest BCUT2D eigenvalue weighted by Gasteiger charge is -2.26. The van der Waals surface area contributed by atoms with Crippen molar-refractivity contribution in [3.8, 4) is 0 Å². The van der Waals surface area contributed by atoms with Gasteiger partial charge in [-0.3, -0.25) is 4.79 Å². The lowest BCUT2D eigenvalue weighted by Crippen LogP contribution is -2.40. The van der Waals surface area contributed by atoms with E-state index in [1.54, 1.807) is 0 Å². The highest BCUT2D eigenvalue weighted by Gasteiger charge is 2.29. The number of aryl methyl sites for hydroxylation is 2. The molecular formula is C21H23ClN2O6S2. The Morgan fingerprint density at radius 3 is 2.66 bits per heavy atom. The minimum atomic E-state index is -3.83. The van der Waals surface area contributed by atoms with E-state index in [9.17, 15) is 18.0 Å². The Kier molecular flexibility index (Phi) is 7.16. The summed E-state index contributed by atoms with van der Waals surface area (Å²) in [7, 11) is -3.83. The Bertz CT molecular complexity index is 1100. The minimum Gasteiger partial charge on any atom is -0.451 e. The highest BCUT2D eigenvalue weighted by atomic mass is 35.5. The van der Waals surface area contributed by atoms with Gasteiger partial charge < -0.3 is 14.8 Å². The van der Waals surface area contributed by atoms with Gasteiger partial charge in [-0.05, 0) is 55.5 Å². The summed E-state index contributed by atoms with van der Waals surface area (Å²) in [6.07, 6.45) is 4.17. The average molecular weight is 499 g/mol. The van der Waals surface area contributed by atoms with Crippen molar-refractivity contribution in [2.75, 3.05) is 38.2 Å². The number of nitrogens with zero attached hydrogens (tertiary/aromatic N) is 1. The number of esters is 1. The minimum absolute atomic E-state index is 0.0579. The van der Waals surface area contributed by atoms with Gasteiger partial charge in [0.15, 0.2) is 6.61 Å². The van der Waals surface area contributed by atoms with Crippen LogP contribution in [0.4, 0.5) is 5.69 Å². The number of amides is 1. The first kappa shape index (κ1) is 23.2. The van der Waals surface area contributed by atoms with Crippen molar-refractivity contribution < 1.29 is 27.5 Å². The van der Waals surface area contributed by atoms with Crippen LogP contribution in [0.25, 0.3) is 0 Å². The Morgan fingerprint density at radius 1 is 1.16 bits per heavy atom. The van der Waals surface area contributed by atoms with Gasteiger partial charge in [0.1, 0.15) is 9.77 Å². The molecule has 1 aromatic heterocycles. The molecule has 0 bridgehead atoms. The standard InChI is InChI=1S/C21H23ClN2O6S2/c22-16-6-5-15(12-19(16)32(27,28)24-7-9-29-10-8-24)23-20(25)13-30-21(26)18-11-14-3-1-2-4-17(14)31-18/h5-6,11-12H,1-4,7-10,13H2,(H,23,25). The molecule has 1 aliphatic heterocycles. The molecule has 4 rings (SSSR count). The summed E-state index contributed by atoms with van der Waals surface area (Å²) in [6.45, 7) is 0.613. The number of hydrogen-bond donors (Lipinski definition) is 1. The topological polar surface area (TPSA) is 102 Å². The number of halogens is 1. The third-order valence-electron chi connectivity index (χ3n) is 5.33. The number of fused-ring (bicyclic) bond motifs is 1. The van der Waals surface area contributed by atoms with Gasteiger partial charge in [0.2, 0.25) is 10.0 Å². The molecular weight excluding hydrogens is 476 g/mol. The van der Waals surface area contributed by atoms with Crippen LogP contribution in [0.2, 0.25) is 5.02 Å². The number of sulfonamides is 1. The van der Waals surface area contributed by atoms with Gasteiger partial charge in [-0.25, -0.2) is 13.2 Å². The maximum atomic E-state index is 12.9. The Balaban J connectivity index is 1.38. The first-order valence-electron chi connectivity index (χ1n) is 10.3. The molecule has 0 spiro atoms. The molecule has 0 atom stereocenters. The van der Waals surface area contributed by atoms with Crippen molar-refractivity contribution in [2.45, 2.75) is 30.6 Å². The van der Waals surface area contributed by atoms with Gasteiger partial charge in [0.05, 0.1) is 18.2 Å². The lowest BCUT2D eigenvalue weighted by atomic mass is 9.99.